The van der Waals surface area contributed by atoms with Gasteiger partial charge in [-0.2, -0.15) is 0 Å². The lowest BCUT2D eigenvalue weighted by Gasteiger charge is -2.41. The van der Waals surface area contributed by atoms with E-state index in [1.54, 1.807) is 4.90 Å². The van der Waals surface area contributed by atoms with Gasteiger partial charge in [-0.15, -0.1) is 0 Å². The van der Waals surface area contributed by atoms with Crippen molar-refractivity contribution in [3.63, 3.8) is 0 Å². The first kappa shape index (κ1) is 27.9. The van der Waals surface area contributed by atoms with Gasteiger partial charge in [-0.3, -0.25) is 4.79 Å². The van der Waals surface area contributed by atoms with Crippen LogP contribution >= 0.6 is 11.6 Å². The van der Waals surface area contributed by atoms with Crippen LogP contribution in [0.3, 0.4) is 0 Å². The third-order valence-corrected chi connectivity index (χ3v) is 8.54. The van der Waals surface area contributed by atoms with Gasteiger partial charge in [-0.05, 0) is 62.8 Å². The molecule has 0 radical (unpaired) electrons. The molecule has 3 aliphatic rings. The molecule has 2 aromatic carbocycles. The molecule has 0 aromatic heterocycles. The Morgan fingerprint density at radius 2 is 1.59 bits per heavy atom. The zero-order valence-electron chi connectivity index (χ0n) is 23.3. The van der Waals surface area contributed by atoms with E-state index in [2.05, 4.69) is 29.2 Å². The number of rotatable bonds is 5. The summed E-state index contributed by atoms with van der Waals surface area (Å²) in [5.74, 6) is -0.0923. The SMILES string of the molecule is CC(C)(C)OC(=O)N1CCN(C(=O)C(Cc2ccccc2Cl)CN2CCC3(CC2)OCc2ccccc23)CC1. The Hall–Kier alpha value is -2.61. The van der Waals surface area contributed by atoms with E-state index in [9.17, 15) is 9.59 Å². The number of amides is 2. The van der Waals surface area contributed by atoms with Gasteiger partial charge in [0, 0.05) is 50.8 Å². The molecule has 3 heterocycles. The Balaban J connectivity index is 1.24. The molecule has 2 amide bonds. The molecule has 8 heteroatoms. The highest BCUT2D eigenvalue weighted by molar-refractivity contribution is 6.31. The monoisotopic (exact) mass is 553 g/mol. The van der Waals surface area contributed by atoms with Gasteiger partial charge in [0.15, 0.2) is 0 Å². The summed E-state index contributed by atoms with van der Waals surface area (Å²) in [6.07, 6.45) is 2.11. The first-order valence-corrected chi connectivity index (χ1v) is 14.5. The van der Waals surface area contributed by atoms with Gasteiger partial charge in [0.2, 0.25) is 5.91 Å². The summed E-state index contributed by atoms with van der Waals surface area (Å²) in [6, 6.07) is 16.3. The van der Waals surface area contributed by atoms with E-state index in [1.165, 1.54) is 11.1 Å². The van der Waals surface area contributed by atoms with Crippen LogP contribution in [0.5, 0.6) is 0 Å². The summed E-state index contributed by atoms with van der Waals surface area (Å²) < 4.78 is 11.9. The van der Waals surface area contributed by atoms with Crippen molar-refractivity contribution in [2.45, 2.75) is 57.8 Å². The molecule has 1 spiro atoms. The molecule has 0 aliphatic carbocycles. The van der Waals surface area contributed by atoms with Crippen molar-refractivity contribution >= 4 is 23.6 Å². The van der Waals surface area contributed by atoms with E-state index >= 15 is 0 Å². The molecular weight excluding hydrogens is 514 g/mol. The molecule has 0 saturated carbocycles. The maximum atomic E-state index is 13.9. The number of halogens is 1. The topological polar surface area (TPSA) is 62.3 Å². The fourth-order valence-electron chi connectivity index (χ4n) is 6.06. The number of nitrogens with zero attached hydrogens (tertiary/aromatic N) is 3. The highest BCUT2D eigenvalue weighted by atomic mass is 35.5. The Kier molecular flexibility index (Phi) is 8.22. The highest BCUT2D eigenvalue weighted by Gasteiger charge is 2.43. The average molecular weight is 554 g/mol. The van der Waals surface area contributed by atoms with Gasteiger partial charge < -0.3 is 24.2 Å². The molecule has 0 bridgehead atoms. The summed E-state index contributed by atoms with van der Waals surface area (Å²) in [5.41, 5.74) is 2.88. The van der Waals surface area contributed by atoms with Crippen LogP contribution in [0.4, 0.5) is 4.79 Å². The van der Waals surface area contributed by atoms with E-state index in [4.69, 9.17) is 21.1 Å². The summed E-state index contributed by atoms with van der Waals surface area (Å²) in [4.78, 5) is 32.4. The van der Waals surface area contributed by atoms with E-state index in [0.29, 0.717) is 50.8 Å². The molecule has 1 atom stereocenters. The zero-order valence-corrected chi connectivity index (χ0v) is 24.1. The number of hydrogen-bond acceptors (Lipinski definition) is 5. The van der Waals surface area contributed by atoms with Crippen molar-refractivity contribution in [1.82, 2.24) is 14.7 Å². The minimum atomic E-state index is -0.539. The molecule has 2 saturated heterocycles. The first-order chi connectivity index (χ1) is 18.6. The van der Waals surface area contributed by atoms with Crippen molar-refractivity contribution in [2.75, 3.05) is 45.8 Å². The van der Waals surface area contributed by atoms with Crippen LogP contribution in [0.1, 0.15) is 50.3 Å². The summed E-state index contributed by atoms with van der Waals surface area (Å²) in [5, 5.41) is 0.693. The summed E-state index contributed by atoms with van der Waals surface area (Å²) in [7, 11) is 0. The molecule has 5 rings (SSSR count). The quantitative estimate of drug-likeness (QED) is 0.515. The second kappa shape index (κ2) is 11.5. The minimum absolute atomic E-state index is 0.126. The van der Waals surface area contributed by atoms with Crippen LogP contribution in [0.25, 0.3) is 0 Å². The predicted octanol–water partition coefficient (Wildman–Crippen LogP) is 5.10. The highest BCUT2D eigenvalue weighted by Crippen LogP contribution is 2.44. The van der Waals surface area contributed by atoms with Crippen molar-refractivity contribution in [2.24, 2.45) is 5.92 Å². The van der Waals surface area contributed by atoms with Crippen molar-refractivity contribution in [1.29, 1.82) is 0 Å². The fraction of sp³-hybridized carbons (Fsp3) is 0.548. The number of benzene rings is 2. The largest absolute Gasteiger partial charge is 0.444 e. The number of carbonyl (C=O) groups excluding carboxylic acids is 2. The Morgan fingerprint density at radius 3 is 2.28 bits per heavy atom. The van der Waals surface area contributed by atoms with Gasteiger partial charge in [0.05, 0.1) is 18.1 Å². The number of likely N-dealkylation sites (tertiary alicyclic amines) is 1. The first-order valence-electron chi connectivity index (χ1n) is 14.1. The molecule has 2 fully saturated rings. The molecule has 1 unspecified atom stereocenters. The van der Waals surface area contributed by atoms with E-state index in [-0.39, 0.29) is 23.5 Å². The number of ether oxygens (including phenoxy) is 2. The zero-order chi connectivity index (χ0) is 27.6. The van der Waals surface area contributed by atoms with Gasteiger partial charge in [-0.25, -0.2) is 4.79 Å². The maximum Gasteiger partial charge on any atom is 0.410 e. The second-order valence-corrected chi connectivity index (χ2v) is 12.4. The van der Waals surface area contributed by atoms with Crippen LogP contribution in [0.2, 0.25) is 5.02 Å². The normalized spacial score (nSPS) is 20.1. The van der Waals surface area contributed by atoms with E-state index in [1.807, 2.05) is 49.9 Å². The smallest absolute Gasteiger partial charge is 0.410 e. The van der Waals surface area contributed by atoms with Gasteiger partial charge in [-0.1, -0.05) is 54.1 Å². The number of piperidine rings is 1. The van der Waals surface area contributed by atoms with Crippen molar-refractivity contribution in [3.8, 4) is 0 Å². The minimum Gasteiger partial charge on any atom is -0.444 e. The standard InChI is InChI=1S/C31H40ClN3O4/c1-30(2,3)39-29(37)35-18-16-34(17-19-35)28(36)25(20-23-8-5-7-11-27(23)32)21-33-14-12-31(13-15-33)26-10-6-4-9-24(26)22-38-31/h4-11,25H,12-22H2,1-3H3. The summed E-state index contributed by atoms with van der Waals surface area (Å²) in [6.45, 7) is 10.7. The molecule has 2 aromatic rings. The Bertz CT molecular complexity index is 1180. The molecule has 39 heavy (non-hydrogen) atoms. The van der Waals surface area contributed by atoms with Crippen LogP contribution < -0.4 is 0 Å². The number of carbonyl (C=O) groups is 2. The number of hydrogen-bond donors (Lipinski definition) is 0. The molecule has 3 aliphatic heterocycles. The van der Waals surface area contributed by atoms with Gasteiger partial charge >= 0.3 is 6.09 Å². The van der Waals surface area contributed by atoms with Crippen molar-refractivity contribution in [3.05, 3.63) is 70.2 Å². The Labute approximate surface area is 237 Å². The third kappa shape index (κ3) is 6.42. The van der Waals surface area contributed by atoms with Crippen LogP contribution in [-0.2, 0) is 32.9 Å². The van der Waals surface area contributed by atoms with Gasteiger partial charge in [0.1, 0.15) is 5.60 Å². The van der Waals surface area contributed by atoms with E-state index in [0.717, 1.165) is 31.5 Å². The third-order valence-electron chi connectivity index (χ3n) is 8.17. The van der Waals surface area contributed by atoms with Crippen molar-refractivity contribution < 1.29 is 19.1 Å². The lowest BCUT2D eigenvalue weighted by molar-refractivity contribution is -0.138. The summed E-state index contributed by atoms with van der Waals surface area (Å²) >= 11 is 6.52. The molecular formula is C31H40ClN3O4. The molecule has 210 valence electrons. The fourth-order valence-corrected chi connectivity index (χ4v) is 6.27. The van der Waals surface area contributed by atoms with Crippen LogP contribution in [0, 0.1) is 5.92 Å². The molecule has 0 N–H and O–H groups in total. The van der Waals surface area contributed by atoms with Crippen LogP contribution in [-0.4, -0.2) is 78.1 Å². The number of piperazine rings is 1. The van der Waals surface area contributed by atoms with Gasteiger partial charge in [0.25, 0.3) is 0 Å². The molecule has 7 nitrogen and oxygen atoms in total. The number of fused-ring (bicyclic) bond motifs is 2. The Morgan fingerprint density at radius 1 is 0.949 bits per heavy atom. The average Bonchev–Trinajstić information content (AvgIpc) is 3.27. The lowest BCUT2D eigenvalue weighted by atomic mass is 9.83. The second-order valence-electron chi connectivity index (χ2n) is 12.0. The maximum absolute atomic E-state index is 13.9. The lowest BCUT2D eigenvalue weighted by Crippen LogP contribution is -2.54. The van der Waals surface area contributed by atoms with E-state index < -0.39 is 5.60 Å². The van der Waals surface area contributed by atoms with Crippen LogP contribution in [0.15, 0.2) is 48.5 Å². The predicted molar refractivity (Wildman–Crippen MR) is 152 cm³/mol.